The van der Waals surface area contributed by atoms with Gasteiger partial charge in [-0.05, 0) is 38.9 Å². The number of carbonyl (C=O) groups is 1. The van der Waals surface area contributed by atoms with Crippen LogP contribution in [0, 0.1) is 6.92 Å². The lowest BCUT2D eigenvalue weighted by Gasteiger charge is -2.24. The fourth-order valence-electron chi connectivity index (χ4n) is 2.37. The quantitative estimate of drug-likeness (QED) is 0.892. The van der Waals surface area contributed by atoms with E-state index >= 15 is 0 Å². The molecular formula is C13H20N2OS. The van der Waals surface area contributed by atoms with Gasteiger partial charge in [-0.1, -0.05) is 0 Å². The molecule has 1 amide bonds. The summed E-state index contributed by atoms with van der Waals surface area (Å²) in [5, 5.41) is 3.04. The Morgan fingerprint density at radius 2 is 2.41 bits per heavy atom. The largest absolute Gasteiger partial charge is 0.335 e. The van der Waals surface area contributed by atoms with E-state index in [9.17, 15) is 4.79 Å². The summed E-state index contributed by atoms with van der Waals surface area (Å²) in [7, 11) is 1.89. The highest BCUT2D eigenvalue weighted by atomic mass is 32.1. The number of hydrogen-bond acceptors (Lipinski definition) is 3. The third-order valence-electron chi connectivity index (χ3n) is 3.25. The van der Waals surface area contributed by atoms with E-state index in [1.165, 1.54) is 9.75 Å². The van der Waals surface area contributed by atoms with Crippen LogP contribution >= 0.6 is 11.3 Å². The van der Waals surface area contributed by atoms with Crippen molar-refractivity contribution in [1.29, 1.82) is 0 Å². The standard InChI is InChI=1S/C13H20N2OS/c1-10-5-6-12(17-10)11-4-3-9-15(11)13(16)7-8-14-2/h5-6,11,14H,3-4,7-9H2,1-2H3. The smallest absolute Gasteiger partial charge is 0.224 e. The van der Waals surface area contributed by atoms with Gasteiger partial charge in [0.25, 0.3) is 0 Å². The molecule has 1 aliphatic heterocycles. The van der Waals surface area contributed by atoms with Gasteiger partial charge in [0.05, 0.1) is 6.04 Å². The second kappa shape index (κ2) is 5.65. The number of likely N-dealkylation sites (tertiary alicyclic amines) is 1. The molecule has 1 saturated heterocycles. The minimum Gasteiger partial charge on any atom is -0.335 e. The Hall–Kier alpha value is -0.870. The average molecular weight is 252 g/mol. The second-order valence-electron chi connectivity index (χ2n) is 4.55. The molecule has 4 heteroatoms. The Bertz CT molecular complexity index is 389. The first-order valence-electron chi connectivity index (χ1n) is 6.23. The van der Waals surface area contributed by atoms with E-state index in [4.69, 9.17) is 0 Å². The monoisotopic (exact) mass is 252 g/mol. The molecule has 0 saturated carbocycles. The highest BCUT2D eigenvalue weighted by Gasteiger charge is 2.30. The van der Waals surface area contributed by atoms with Crippen molar-refractivity contribution in [3.05, 3.63) is 21.9 Å². The molecule has 1 aliphatic rings. The SMILES string of the molecule is CNCCC(=O)N1CCCC1c1ccc(C)s1. The Morgan fingerprint density at radius 1 is 1.59 bits per heavy atom. The van der Waals surface area contributed by atoms with Crippen LogP contribution in [0.15, 0.2) is 12.1 Å². The van der Waals surface area contributed by atoms with Gasteiger partial charge in [-0.25, -0.2) is 0 Å². The van der Waals surface area contributed by atoms with E-state index in [-0.39, 0.29) is 5.91 Å². The zero-order chi connectivity index (χ0) is 12.3. The van der Waals surface area contributed by atoms with Crippen molar-refractivity contribution in [2.75, 3.05) is 20.1 Å². The first-order valence-corrected chi connectivity index (χ1v) is 7.04. The number of nitrogens with one attached hydrogen (secondary N) is 1. The normalized spacial score (nSPS) is 19.9. The summed E-state index contributed by atoms with van der Waals surface area (Å²) in [5.41, 5.74) is 0. The van der Waals surface area contributed by atoms with Gasteiger partial charge in [-0.15, -0.1) is 11.3 Å². The van der Waals surface area contributed by atoms with Gasteiger partial charge >= 0.3 is 0 Å². The van der Waals surface area contributed by atoms with Crippen molar-refractivity contribution in [3.8, 4) is 0 Å². The van der Waals surface area contributed by atoms with E-state index in [2.05, 4.69) is 29.3 Å². The molecule has 0 bridgehead atoms. The zero-order valence-corrected chi connectivity index (χ0v) is 11.3. The number of nitrogens with zero attached hydrogens (tertiary/aromatic N) is 1. The first-order chi connectivity index (χ1) is 8.22. The molecule has 2 heterocycles. The summed E-state index contributed by atoms with van der Waals surface area (Å²) in [4.78, 5) is 16.8. The maximum atomic E-state index is 12.1. The van der Waals surface area contributed by atoms with Crippen molar-refractivity contribution in [2.24, 2.45) is 0 Å². The van der Waals surface area contributed by atoms with E-state index < -0.39 is 0 Å². The summed E-state index contributed by atoms with van der Waals surface area (Å²) >= 11 is 1.82. The summed E-state index contributed by atoms with van der Waals surface area (Å²) < 4.78 is 0. The molecule has 1 unspecified atom stereocenters. The van der Waals surface area contributed by atoms with Crippen molar-refractivity contribution >= 4 is 17.2 Å². The van der Waals surface area contributed by atoms with Crippen LogP contribution in [0.1, 0.15) is 35.1 Å². The predicted molar refractivity (Wildman–Crippen MR) is 71.3 cm³/mol. The van der Waals surface area contributed by atoms with Crippen molar-refractivity contribution in [2.45, 2.75) is 32.2 Å². The molecule has 0 aromatic carbocycles. The number of amides is 1. The van der Waals surface area contributed by atoms with Crippen LogP contribution in [-0.4, -0.2) is 30.9 Å². The maximum absolute atomic E-state index is 12.1. The lowest BCUT2D eigenvalue weighted by Crippen LogP contribution is -2.32. The van der Waals surface area contributed by atoms with E-state index in [0.717, 1.165) is 25.9 Å². The number of hydrogen-bond donors (Lipinski definition) is 1. The van der Waals surface area contributed by atoms with Crippen LogP contribution in [0.3, 0.4) is 0 Å². The number of rotatable bonds is 4. The Balaban J connectivity index is 2.04. The second-order valence-corrected chi connectivity index (χ2v) is 5.87. The predicted octanol–water partition coefficient (Wildman–Crippen LogP) is 2.33. The lowest BCUT2D eigenvalue weighted by molar-refractivity contribution is -0.131. The Labute approximate surface area is 107 Å². The lowest BCUT2D eigenvalue weighted by atomic mass is 10.2. The third kappa shape index (κ3) is 2.87. The third-order valence-corrected chi connectivity index (χ3v) is 4.35. The van der Waals surface area contributed by atoms with Gasteiger partial charge in [-0.3, -0.25) is 4.79 Å². The van der Waals surface area contributed by atoms with Crippen molar-refractivity contribution in [1.82, 2.24) is 10.2 Å². The van der Waals surface area contributed by atoms with Crippen LogP contribution in [0.2, 0.25) is 0 Å². The molecule has 3 nitrogen and oxygen atoms in total. The van der Waals surface area contributed by atoms with Gasteiger partial charge in [0, 0.05) is 29.3 Å². The molecule has 1 aromatic rings. The fraction of sp³-hybridized carbons (Fsp3) is 0.615. The Morgan fingerprint density at radius 3 is 3.06 bits per heavy atom. The van der Waals surface area contributed by atoms with Crippen molar-refractivity contribution in [3.63, 3.8) is 0 Å². The molecule has 0 aliphatic carbocycles. The van der Waals surface area contributed by atoms with Crippen LogP contribution in [0.5, 0.6) is 0 Å². The average Bonchev–Trinajstić information content (AvgIpc) is 2.93. The molecule has 1 N–H and O–H groups in total. The molecule has 94 valence electrons. The number of carbonyl (C=O) groups excluding carboxylic acids is 1. The zero-order valence-electron chi connectivity index (χ0n) is 10.5. The van der Waals surface area contributed by atoms with Crippen molar-refractivity contribution < 1.29 is 4.79 Å². The topological polar surface area (TPSA) is 32.3 Å². The maximum Gasteiger partial charge on any atom is 0.224 e. The molecule has 17 heavy (non-hydrogen) atoms. The summed E-state index contributed by atoms with van der Waals surface area (Å²) in [6.45, 7) is 3.81. The van der Waals surface area contributed by atoms with E-state index in [1.807, 2.05) is 18.4 Å². The van der Waals surface area contributed by atoms with Crippen LogP contribution in [0.4, 0.5) is 0 Å². The highest BCUT2D eigenvalue weighted by molar-refractivity contribution is 7.12. The number of aryl methyl sites for hydroxylation is 1. The Kier molecular flexibility index (Phi) is 4.18. The fourth-order valence-corrected chi connectivity index (χ4v) is 3.39. The van der Waals surface area contributed by atoms with Gasteiger partial charge in [-0.2, -0.15) is 0 Å². The molecule has 1 atom stereocenters. The highest BCUT2D eigenvalue weighted by Crippen LogP contribution is 2.35. The summed E-state index contributed by atoms with van der Waals surface area (Å²) in [6.07, 6.45) is 2.86. The van der Waals surface area contributed by atoms with Gasteiger partial charge in [0.1, 0.15) is 0 Å². The summed E-state index contributed by atoms with van der Waals surface area (Å²) in [5.74, 6) is 0.285. The van der Waals surface area contributed by atoms with Gasteiger partial charge in [0.15, 0.2) is 0 Å². The molecule has 0 spiro atoms. The minimum atomic E-state index is 0.285. The molecule has 2 rings (SSSR count). The molecule has 0 radical (unpaired) electrons. The van der Waals surface area contributed by atoms with E-state index in [0.29, 0.717) is 12.5 Å². The molecule has 1 aromatic heterocycles. The first kappa shape index (κ1) is 12.6. The van der Waals surface area contributed by atoms with Gasteiger partial charge in [0.2, 0.25) is 5.91 Å². The van der Waals surface area contributed by atoms with Crippen LogP contribution in [0.25, 0.3) is 0 Å². The summed E-state index contributed by atoms with van der Waals surface area (Å²) in [6, 6.07) is 4.65. The molecule has 1 fully saturated rings. The number of thiophene rings is 1. The van der Waals surface area contributed by atoms with Gasteiger partial charge < -0.3 is 10.2 Å². The van der Waals surface area contributed by atoms with Crippen LogP contribution < -0.4 is 5.32 Å². The van der Waals surface area contributed by atoms with E-state index in [1.54, 1.807) is 0 Å². The van der Waals surface area contributed by atoms with Crippen LogP contribution in [-0.2, 0) is 4.79 Å². The molecular weight excluding hydrogens is 232 g/mol. The minimum absolute atomic E-state index is 0.285.